The lowest BCUT2D eigenvalue weighted by atomic mass is 10.1. The summed E-state index contributed by atoms with van der Waals surface area (Å²) >= 11 is 0. The predicted octanol–water partition coefficient (Wildman–Crippen LogP) is 4.24. The minimum atomic E-state index is -0.644. The van der Waals surface area contributed by atoms with Gasteiger partial charge in [0.2, 0.25) is 0 Å². The number of aromatic nitrogens is 1. The summed E-state index contributed by atoms with van der Waals surface area (Å²) in [6, 6.07) is 11.8. The first kappa shape index (κ1) is 18.4. The lowest BCUT2D eigenvalue weighted by molar-refractivity contribution is 0.101. The highest BCUT2D eigenvalue weighted by atomic mass is 19.1. The monoisotopic (exact) mass is 372 g/mol. The van der Waals surface area contributed by atoms with E-state index in [4.69, 9.17) is 9.47 Å². The zero-order valence-electron chi connectivity index (χ0n) is 15.0. The van der Waals surface area contributed by atoms with Crippen LogP contribution < -0.4 is 14.8 Å². The van der Waals surface area contributed by atoms with E-state index in [1.165, 1.54) is 32.4 Å². The number of nitrogens with zero attached hydrogens (tertiary/aromatic N) is 1. The van der Waals surface area contributed by atoms with Crippen molar-refractivity contribution in [3.8, 4) is 22.8 Å². The van der Waals surface area contributed by atoms with Crippen molar-refractivity contribution in [2.75, 3.05) is 19.5 Å². The second kappa shape index (κ2) is 7.49. The molecule has 0 aliphatic heterocycles. The van der Waals surface area contributed by atoms with E-state index in [1.807, 2.05) is 0 Å². The molecule has 0 aliphatic carbocycles. The van der Waals surface area contributed by atoms with Crippen molar-refractivity contribution < 1.29 is 23.0 Å². The Bertz CT molecular complexity index is 982. The molecule has 0 aliphatic rings. The number of nitrogens with one attached hydrogen (secondary N) is 1. The van der Waals surface area contributed by atoms with Crippen LogP contribution in [0.5, 0.6) is 11.5 Å². The molecule has 3 aromatic rings. The molecular weight excluding hydrogens is 354 g/mol. The van der Waals surface area contributed by atoms with Gasteiger partial charge in [0.05, 0.1) is 19.9 Å². The smallest absolute Gasteiger partial charge is 0.272 e. The second-order valence-corrected chi connectivity index (χ2v) is 5.81. The summed E-state index contributed by atoms with van der Waals surface area (Å²) in [6.45, 7) is 0. The van der Waals surface area contributed by atoms with Crippen LogP contribution in [0.3, 0.4) is 0 Å². The maximum atomic E-state index is 14.2. The van der Waals surface area contributed by atoms with Crippen LogP contribution in [0.1, 0.15) is 10.5 Å². The van der Waals surface area contributed by atoms with E-state index in [0.29, 0.717) is 11.4 Å². The summed E-state index contributed by atoms with van der Waals surface area (Å²) < 4.78 is 39.2. The molecule has 7 heteroatoms. The summed E-state index contributed by atoms with van der Waals surface area (Å²) in [4.78, 5) is 12.6. The van der Waals surface area contributed by atoms with Gasteiger partial charge < -0.3 is 19.4 Å². The maximum absolute atomic E-state index is 14.2. The molecule has 27 heavy (non-hydrogen) atoms. The standard InChI is InChI=1S/C20H18F2N2O3/c1-24-16(12-4-6-13(21)7-5-12)8-9-17(24)20(25)23-15-11-19(27-3)18(26-2)10-14(15)22/h4-11H,1-3H3,(H,23,25). The molecule has 2 aromatic carbocycles. The van der Waals surface area contributed by atoms with Crippen LogP contribution in [0.2, 0.25) is 0 Å². The van der Waals surface area contributed by atoms with Crippen molar-refractivity contribution >= 4 is 11.6 Å². The molecule has 0 saturated heterocycles. The van der Waals surface area contributed by atoms with Gasteiger partial charge in [0.15, 0.2) is 17.3 Å². The van der Waals surface area contributed by atoms with Crippen LogP contribution in [-0.4, -0.2) is 24.7 Å². The molecule has 140 valence electrons. The SMILES string of the molecule is COc1cc(F)c(NC(=O)c2ccc(-c3ccc(F)cc3)n2C)cc1OC. The highest BCUT2D eigenvalue weighted by Crippen LogP contribution is 2.32. The van der Waals surface area contributed by atoms with E-state index < -0.39 is 11.7 Å². The van der Waals surface area contributed by atoms with Crippen LogP contribution in [0.15, 0.2) is 48.5 Å². The number of amides is 1. The molecule has 0 bridgehead atoms. The van der Waals surface area contributed by atoms with Crippen molar-refractivity contribution in [1.29, 1.82) is 0 Å². The van der Waals surface area contributed by atoms with Gasteiger partial charge in [-0.25, -0.2) is 8.78 Å². The Balaban J connectivity index is 1.88. The maximum Gasteiger partial charge on any atom is 0.272 e. The number of methoxy groups -OCH3 is 2. The minimum Gasteiger partial charge on any atom is -0.493 e. The van der Waals surface area contributed by atoms with Gasteiger partial charge in [-0.2, -0.15) is 0 Å². The highest BCUT2D eigenvalue weighted by Gasteiger charge is 2.17. The number of halogens is 2. The van der Waals surface area contributed by atoms with Crippen molar-refractivity contribution in [3.63, 3.8) is 0 Å². The predicted molar refractivity (Wildman–Crippen MR) is 98.3 cm³/mol. The number of rotatable bonds is 5. The fourth-order valence-corrected chi connectivity index (χ4v) is 2.79. The van der Waals surface area contributed by atoms with E-state index in [-0.39, 0.29) is 17.3 Å². The van der Waals surface area contributed by atoms with Gasteiger partial charge in [0.25, 0.3) is 5.91 Å². The Hall–Kier alpha value is -3.35. The molecule has 5 nitrogen and oxygen atoms in total. The van der Waals surface area contributed by atoms with Gasteiger partial charge in [0, 0.05) is 24.9 Å². The normalized spacial score (nSPS) is 10.6. The molecule has 0 spiro atoms. The zero-order chi connectivity index (χ0) is 19.6. The number of anilines is 1. The fraction of sp³-hybridized carbons (Fsp3) is 0.150. The Labute approximate surface area is 155 Å². The lowest BCUT2D eigenvalue weighted by Crippen LogP contribution is -2.17. The number of hydrogen-bond donors (Lipinski definition) is 1. The topological polar surface area (TPSA) is 52.5 Å². The molecule has 0 atom stereocenters. The Kier molecular flexibility index (Phi) is 5.12. The molecule has 0 unspecified atom stereocenters. The third kappa shape index (κ3) is 3.62. The number of ether oxygens (including phenoxy) is 2. The van der Waals surface area contributed by atoms with Gasteiger partial charge in [-0.3, -0.25) is 4.79 Å². The first-order valence-corrected chi connectivity index (χ1v) is 8.09. The van der Waals surface area contributed by atoms with Gasteiger partial charge in [0.1, 0.15) is 11.5 Å². The summed E-state index contributed by atoms with van der Waals surface area (Å²) in [5.41, 5.74) is 1.79. The first-order chi connectivity index (χ1) is 12.9. The third-order valence-corrected chi connectivity index (χ3v) is 4.22. The van der Waals surface area contributed by atoms with Gasteiger partial charge in [-0.05, 0) is 42.0 Å². The van der Waals surface area contributed by atoms with Crippen LogP contribution in [0, 0.1) is 11.6 Å². The first-order valence-electron chi connectivity index (χ1n) is 8.09. The molecule has 3 rings (SSSR count). The van der Waals surface area contributed by atoms with Crippen LogP contribution in [0.4, 0.5) is 14.5 Å². The summed E-state index contributed by atoms with van der Waals surface area (Å²) in [7, 11) is 4.53. The van der Waals surface area contributed by atoms with E-state index in [9.17, 15) is 13.6 Å². The lowest BCUT2D eigenvalue weighted by Gasteiger charge is -2.13. The Morgan fingerprint density at radius 3 is 2.22 bits per heavy atom. The van der Waals surface area contributed by atoms with Crippen molar-refractivity contribution in [2.24, 2.45) is 7.05 Å². The van der Waals surface area contributed by atoms with Crippen molar-refractivity contribution in [1.82, 2.24) is 4.57 Å². The average molecular weight is 372 g/mol. The molecule has 0 radical (unpaired) electrons. The van der Waals surface area contributed by atoms with Crippen LogP contribution in [0.25, 0.3) is 11.3 Å². The summed E-state index contributed by atoms with van der Waals surface area (Å²) in [5.74, 6) is -0.945. The van der Waals surface area contributed by atoms with E-state index in [1.54, 1.807) is 35.9 Å². The van der Waals surface area contributed by atoms with E-state index >= 15 is 0 Å². The van der Waals surface area contributed by atoms with Gasteiger partial charge in [-0.1, -0.05) is 0 Å². The molecule has 1 heterocycles. The molecule has 1 amide bonds. The van der Waals surface area contributed by atoms with E-state index in [0.717, 1.165) is 17.3 Å². The molecule has 0 fully saturated rings. The Morgan fingerprint density at radius 1 is 0.963 bits per heavy atom. The highest BCUT2D eigenvalue weighted by molar-refractivity contribution is 6.04. The second-order valence-electron chi connectivity index (χ2n) is 5.81. The third-order valence-electron chi connectivity index (χ3n) is 4.22. The fourth-order valence-electron chi connectivity index (χ4n) is 2.79. The molecule has 0 saturated carbocycles. The quantitative estimate of drug-likeness (QED) is 0.729. The largest absolute Gasteiger partial charge is 0.493 e. The molecule has 1 aromatic heterocycles. The number of hydrogen-bond acceptors (Lipinski definition) is 3. The zero-order valence-corrected chi connectivity index (χ0v) is 15.0. The molecular formula is C20H18F2N2O3. The van der Waals surface area contributed by atoms with Gasteiger partial charge >= 0.3 is 0 Å². The van der Waals surface area contributed by atoms with Gasteiger partial charge in [-0.15, -0.1) is 0 Å². The minimum absolute atomic E-state index is 0.0258. The number of benzene rings is 2. The Morgan fingerprint density at radius 2 is 1.59 bits per heavy atom. The number of carbonyl (C=O) groups excluding carboxylic acids is 1. The van der Waals surface area contributed by atoms with Crippen LogP contribution >= 0.6 is 0 Å². The van der Waals surface area contributed by atoms with Crippen LogP contribution in [-0.2, 0) is 7.05 Å². The molecule has 1 N–H and O–H groups in total. The average Bonchev–Trinajstić information content (AvgIpc) is 3.05. The summed E-state index contributed by atoms with van der Waals surface area (Å²) in [6.07, 6.45) is 0. The van der Waals surface area contributed by atoms with Crippen molar-refractivity contribution in [2.45, 2.75) is 0 Å². The number of carbonyl (C=O) groups is 1. The summed E-state index contributed by atoms with van der Waals surface area (Å²) in [5, 5.41) is 2.54. The van der Waals surface area contributed by atoms with E-state index in [2.05, 4.69) is 5.32 Å². The van der Waals surface area contributed by atoms with Crippen molar-refractivity contribution in [3.05, 3.63) is 65.9 Å².